The van der Waals surface area contributed by atoms with Crippen molar-refractivity contribution in [2.24, 2.45) is 5.73 Å². The van der Waals surface area contributed by atoms with E-state index in [2.05, 4.69) is 10.6 Å². The molecule has 4 amide bonds. The van der Waals surface area contributed by atoms with E-state index in [4.69, 9.17) is 22.1 Å². The van der Waals surface area contributed by atoms with E-state index in [9.17, 15) is 14.4 Å². The molecule has 0 saturated carbocycles. The van der Waals surface area contributed by atoms with Gasteiger partial charge in [0.1, 0.15) is 12.6 Å². The predicted octanol–water partition coefficient (Wildman–Crippen LogP) is 2.58. The Morgan fingerprint density at radius 3 is 2.55 bits per heavy atom. The van der Waals surface area contributed by atoms with Gasteiger partial charge in [0.05, 0.1) is 6.61 Å². The van der Waals surface area contributed by atoms with Crippen LogP contribution in [0.5, 0.6) is 0 Å². The molecule has 2 heterocycles. The number of nitrogens with zero attached hydrogens (tertiary/aromatic N) is 2. The number of rotatable bonds is 4. The van der Waals surface area contributed by atoms with Crippen LogP contribution >= 0.6 is 11.6 Å². The second kappa shape index (κ2) is 9.78. The van der Waals surface area contributed by atoms with Crippen molar-refractivity contribution < 1.29 is 19.1 Å². The number of ether oxygens (including phenoxy) is 1. The minimum Gasteiger partial charge on any atom is -0.370 e. The molecule has 0 bridgehead atoms. The number of carbonyl (C=O) groups excluding carboxylic acids is 3. The molecule has 2 aromatic rings. The summed E-state index contributed by atoms with van der Waals surface area (Å²) in [6.07, 6.45) is 0.360. The monoisotopic (exact) mass is 471 g/mol. The molecule has 4 N–H and O–H groups in total. The smallest absolute Gasteiger partial charge is 0.322 e. The highest BCUT2D eigenvalue weighted by molar-refractivity contribution is 6.30. The van der Waals surface area contributed by atoms with Crippen LogP contribution in [-0.4, -0.2) is 61.1 Å². The summed E-state index contributed by atoms with van der Waals surface area (Å²) in [6.45, 7) is 3.19. The van der Waals surface area contributed by atoms with E-state index in [1.165, 1.54) is 4.90 Å². The van der Waals surface area contributed by atoms with Gasteiger partial charge in [-0.1, -0.05) is 11.6 Å². The Morgan fingerprint density at radius 2 is 1.85 bits per heavy atom. The molecule has 2 aliphatic rings. The Morgan fingerprint density at radius 1 is 1.12 bits per heavy atom. The molecule has 2 saturated heterocycles. The third-order valence-corrected chi connectivity index (χ3v) is 5.99. The second-order valence-corrected chi connectivity index (χ2v) is 8.63. The van der Waals surface area contributed by atoms with Gasteiger partial charge in [0, 0.05) is 41.2 Å². The lowest BCUT2D eigenvalue weighted by Gasteiger charge is -2.28. The van der Waals surface area contributed by atoms with Gasteiger partial charge in [0.2, 0.25) is 5.91 Å². The number of urea groups is 1. The summed E-state index contributed by atoms with van der Waals surface area (Å²) in [7, 11) is 0. The van der Waals surface area contributed by atoms with Crippen LogP contribution in [0.3, 0.4) is 0 Å². The molecule has 0 aliphatic carbocycles. The molecule has 2 aliphatic heterocycles. The molecule has 2 atom stereocenters. The first-order valence-electron chi connectivity index (χ1n) is 10.7. The zero-order chi connectivity index (χ0) is 23.5. The van der Waals surface area contributed by atoms with Crippen LogP contribution in [0.15, 0.2) is 42.5 Å². The Bertz CT molecular complexity index is 1060. The summed E-state index contributed by atoms with van der Waals surface area (Å²) >= 11 is 5.89. The van der Waals surface area contributed by atoms with Crippen molar-refractivity contribution in [3.05, 3.63) is 53.1 Å². The van der Waals surface area contributed by atoms with Crippen molar-refractivity contribution in [3.8, 4) is 0 Å². The summed E-state index contributed by atoms with van der Waals surface area (Å²) in [5.74, 6) is -0.410. The first kappa shape index (κ1) is 23.0. The normalized spacial score (nSPS) is 20.6. The van der Waals surface area contributed by atoms with Gasteiger partial charge in [-0.25, -0.2) is 4.79 Å². The topological polar surface area (TPSA) is 117 Å². The van der Waals surface area contributed by atoms with Gasteiger partial charge in [-0.05, 0) is 61.4 Å². The maximum Gasteiger partial charge on any atom is 0.322 e. The Labute approximate surface area is 196 Å². The number of morpholine rings is 1. The lowest BCUT2D eigenvalue weighted by atomic mass is 10.1. The summed E-state index contributed by atoms with van der Waals surface area (Å²) in [4.78, 5) is 41.1. The highest BCUT2D eigenvalue weighted by atomic mass is 35.5. The van der Waals surface area contributed by atoms with Crippen LogP contribution in [0.1, 0.15) is 12.0 Å². The van der Waals surface area contributed by atoms with Crippen LogP contribution in [0, 0.1) is 6.92 Å². The molecule has 0 radical (unpaired) electrons. The van der Waals surface area contributed by atoms with Gasteiger partial charge in [-0.2, -0.15) is 0 Å². The fourth-order valence-corrected chi connectivity index (χ4v) is 4.23. The van der Waals surface area contributed by atoms with E-state index in [1.807, 2.05) is 13.0 Å². The molecule has 10 heteroatoms. The number of anilines is 3. The Hall–Kier alpha value is -3.14. The summed E-state index contributed by atoms with van der Waals surface area (Å²) in [5.41, 5.74) is 8.87. The molecule has 0 spiro atoms. The zero-order valence-electron chi connectivity index (χ0n) is 18.2. The van der Waals surface area contributed by atoms with E-state index >= 15 is 0 Å². The lowest BCUT2D eigenvalue weighted by molar-refractivity contribution is -0.125. The maximum atomic E-state index is 13.0. The largest absolute Gasteiger partial charge is 0.370 e. The molecule has 174 valence electrons. The minimum absolute atomic E-state index is 0.0633. The van der Waals surface area contributed by atoms with Crippen molar-refractivity contribution in [1.82, 2.24) is 4.90 Å². The lowest BCUT2D eigenvalue weighted by Crippen LogP contribution is -2.45. The molecular formula is C23H26ClN5O4. The number of hydrogen-bond acceptors (Lipinski definition) is 5. The highest BCUT2D eigenvalue weighted by Crippen LogP contribution is 2.26. The van der Waals surface area contributed by atoms with E-state index < -0.39 is 12.1 Å². The number of halogens is 1. The van der Waals surface area contributed by atoms with Crippen molar-refractivity contribution >= 4 is 46.5 Å². The first-order chi connectivity index (χ1) is 15.8. The van der Waals surface area contributed by atoms with Gasteiger partial charge in [0.15, 0.2) is 0 Å². The van der Waals surface area contributed by atoms with E-state index in [0.717, 1.165) is 11.3 Å². The van der Waals surface area contributed by atoms with Crippen molar-refractivity contribution in [3.63, 3.8) is 0 Å². The fourth-order valence-electron chi connectivity index (χ4n) is 4.10. The van der Waals surface area contributed by atoms with Crippen molar-refractivity contribution in [1.29, 1.82) is 0 Å². The Balaban J connectivity index is 1.44. The molecule has 0 unspecified atom stereocenters. The standard InChI is InChI=1S/C23H26ClN5O4/c1-14-10-18(6-7-19(14)28-8-9-33-13-21(28)30)26-22(31)20-11-16(25)12-29(20)23(32)27-17-4-2-15(24)3-5-17/h2-7,10,16,20H,8-9,11-13,25H2,1H3,(H,26,31)(H,27,32)/t16-,20+/m0/s1. The number of amides is 4. The highest BCUT2D eigenvalue weighted by Gasteiger charge is 2.38. The van der Waals surface area contributed by atoms with Gasteiger partial charge in [-0.15, -0.1) is 0 Å². The van der Waals surface area contributed by atoms with Crippen LogP contribution in [-0.2, 0) is 14.3 Å². The first-order valence-corrected chi connectivity index (χ1v) is 11.1. The number of aryl methyl sites for hydroxylation is 1. The van der Waals surface area contributed by atoms with Gasteiger partial charge >= 0.3 is 6.03 Å². The van der Waals surface area contributed by atoms with E-state index in [-0.39, 0.29) is 31.0 Å². The summed E-state index contributed by atoms with van der Waals surface area (Å²) in [6, 6.07) is 10.7. The second-order valence-electron chi connectivity index (χ2n) is 8.19. The van der Waals surface area contributed by atoms with E-state index in [0.29, 0.717) is 36.0 Å². The van der Waals surface area contributed by atoms with Gasteiger partial charge in [0.25, 0.3) is 5.91 Å². The minimum atomic E-state index is -0.701. The molecule has 2 fully saturated rings. The molecule has 9 nitrogen and oxygen atoms in total. The average Bonchev–Trinajstić information content (AvgIpc) is 3.18. The molecule has 2 aromatic carbocycles. The summed E-state index contributed by atoms with van der Waals surface area (Å²) in [5, 5.41) is 6.23. The number of nitrogens with two attached hydrogens (primary N) is 1. The number of hydrogen-bond donors (Lipinski definition) is 3. The molecule has 33 heavy (non-hydrogen) atoms. The third kappa shape index (κ3) is 5.27. The number of carbonyl (C=O) groups is 3. The SMILES string of the molecule is Cc1cc(NC(=O)[C@H]2C[C@H](N)CN2C(=O)Nc2ccc(Cl)cc2)ccc1N1CCOCC1=O. The van der Waals surface area contributed by atoms with Crippen LogP contribution in [0.25, 0.3) is 0 Å². The van der Waals surface area contributed by atoms with Crippen LogP contribution in [0.2, 0.25) is 5.02 Å². The van der Waals surface area contributed by atoms with Gasteiger partial charge < -0.3 is 30.9 Å². The van der Waals surface area contributed by atoms with Gasteiger partial charge in [-0.3, -0.25) is 9.59 Å². The fraction of sp³-hybridized carbons (Fsp3) is 0.348. The number of nitrogens with one attached hydrogen (secondary N) is 2. The zero-order valence-corrected chi connectivity index (χ0v) is 19.0. The van der Waals surface area contributed by atoms with Crippen molar-refractivity contribution in [2.45, 2.75) is 25.4 Å². The van der Waals surface area contributed by atoms with Crippen LogP contribution < -0.4 is 21.3 Å². The number of likely N-dealkylation sites (tertiary alicyclic amines) is 1. The number of benzene rings is 2. The molecular weight excluding hydrogens is 446 g/mol. The quantitative estimate of drug-likeness (QED) is 0.633. The Kier molecular flexibility index (Phi) is 6.83. The van der Waals surface area contributed by atoms with Crippen molar-refractivity contribution in [2.75, 3.05) is 41.8 Å². The summed E-state index contributed by atoms with van der Waals surface area (Å²) < 4.78 is 5.19. The maximum absolute atomic E-state index is 13.0. The average molecular weight is 472 g/mol. The van der Waals surface area contributed by atoms with Crippen LogP contribution in [0.4, 0.5) is 21.9 Å². The third-order valence-electron chi connectivity index (χ3n) is 5.73. The van der Waals surface area contributed by atoms with E-state index in [1.54, 1.807) is 41.3 Å². The molecule has 0 aromatic heterocycles. The predicted molar refractivity (Wildman–Crippen MR) is 127 cm³/mol. The molecule has 4 rings (SSSR count).